The first kappa shape index (κ1) is 50.0. The topological polar surface area (TPSA) is 220 Å². The lowest BCUT2D eigenvalue weighted by atomic mass is 9.70. The normalized spacial score (nSPS) is 35.8. The zero-order valence-corrected chi connectivity index (χ0v) is 37.6. The summed E-state index contributed by atoms with van der Waals surface area (Å²) in [6.45, 7) is 15.2. The van der Waals surface area contributed by atoms with Gasteiger partial charge in [0, 0.05) is 56.1 Å². The molecule has 0 unspecified atom stereocenters. The molecule has 16 heteroatoms. The summed E-state index contributed by atoms with van der Waals surface area (Å²) in [4.78, 5) is 64.4. The molecular formula is C45H68O16. The summed E-state index contributed by atoms with van der Waals surface area (Å²) in [5.41, 5.74) is -2.14. The van der Waals surface area contributed by atoms with E-state index in [1.807, 2.05) is 0 Å². The van der Waals surface area contributed by atoms with Crippen LogP contribution >= 0.6 is 0 Å². The summed E-state index contributed by atoms with van der Waals surface area (Å²) in [6, 6.07) is 0. The van der Waals surface area contributed by atoms with Crippen LogP contribution in [0.15, 0.2) is 35.5 Å². The van der Waals surface area contributed by atoms with Gasteiger partial charge in [-0.05, 0) is 47.0 Å². The quantitative estimate of drug-likeness (QED) is 0.141. The molecule has 3 N–H and O–H groups in total. The minimum absolute atomic E-state index is 0.0535. The molecule has 3 saturated heterocycles. The Labute approximate surface area is 359 Å². The molecule has 4 rings (SSSR count). The van der Waals surface area contributed by atoms with Crippen molar-refractivity contribution in [3.8, 4) is 0 Å². The summed E-state index contributed by atoms with van der Waals surface area (Å²) in [5, 5.41) is 36.4. The highest BCUT2D eigenvalue weighted by Gasteiger charge is 2.58. The largest absolute Gasteiger partial charge is 0.466 e. The first-order valence-corrected chi connectivity index (χ1v) is 21.2. The Bertz CT molecular complexity index is 1700. The molecule has 0 aromatic rings. The second-order valence-electron chi connectivity index (χ2n) is 19.1. The van der Waals surface area contributed by atoms with E-state index in [4.69, 9.17) is 37.9 Å². The van der Waals surface area contributed by atoms with Crippen LogP contribution in [0.5, 0.6) is 0 Å². The van der Waals surface area contributed by atoms with Crippen LogP contribution in [0.3, 0.4) is 0 Å². The van der Waals surface area contributed by atoms with Crippen LogP contribution in [-0.4, -0.2) is 120 Å². The SMILES string of the molecule is CCC(=O)O[C@H](C)[C@H]1C[C@@H]2C/C(=C\C(=O)OC)C[C@@](O)(O2)C(C)(C)/C=C/[C@H]2C/C(=C\C(=O)OC)C[C@@H](C[C@]3(O)O[C@H](C[C@@H](O)CC(=O)O1)C[C@H](OC(=O)C(C)(C)C)C3(C)C)O2. The van der Waals surface area contributed by atoms with Crippen LogP contribution in [0.25, 0.3) is 0 Å². The van der Waals surface area contributed by atoms with Crippen molar-refractivity contribution in [3.63, 3.8) is 0 Å². The molecule has 16 nitrogen and oxygen atoms in total. The Balaban J connectivity index is 1.84. The third kappa shape index (κ3) is 12.7. The van der Waals surface area contributed by atoms with Crippen LogP contribution in [0.1, 0.15) is 127 Å². The van der Waals surface area contributed by atoms with Gasteiger partial charge in [0.15, 0.2) is 11.6 Å². The fourth-order valence-corrected chi connectivity index (χ4v) is 8.19. The van der Waals surface area contributed by atoms with Gasteiger partial charge in [0.25, 0.3) is 0 Å². The van der Waals surface area contributed by atoms with E-state index in [0.717, 1.165) is 0 Å². The number of rotatable bonds is 6. The maximum absolute atomic E-state index is 13.6. The van der Waals surface area contributed by atoms with Crippen LogP contribution in [0.2, 0.25) is 0 Å². The third-order valence-corrected chi connectivity index (χ3v) is 12.3. The number of ether oxygens (including phenoxy) is 8. The van der Waals surface area contributed by atoms with Crippen molar-refractivity contribution in [2.75, 3.05) is 14.2 Å². The van der Waals surface area contributed by atoms with Crippen molar-refractivity contribution in [2.24, 2.45) is 16.2 Å². The Hall–Kier alpha value is -3.67. The van der Waals surface area contributed by atoms with Crippen LogP contribution in [0.4, 0.5) is 0 Å². The number of carbonyl (C=O) groups excluding carboxylic acids is 5. The van der Waals surface area contributed by atoms with Crippen molar-refractivity contribution in [1.29, 1.82) is 0 Å². The third-order valence-electron chi connectivity index (χ3n) is 12.3. The molecule has 61 heavy (non-hydrogen) atoms. The number of fused-ring (bicyclic) bond motifs is 6. The molecule has 10 atom stereocenters. The smallest absolute Gasteiger partial charge is 0.330 e. The molecule has 4 aliphatic heterocycles. The molecule has 4 aliphatic rings. The molecule has 0 aromatic heterocycles. The van der Waals surface area contributed by atoms with Gasteiger partial charge in [-0.3, -0.25) is 14.4 Å². The highest BCUT2D eigenvalue weighted by Crippen LogP contribution is 2.50. The van der Waals surface area contributed by atoms with Gasteiger partial charge in [0.1, 0.15) is 18.3 Å². The summed E-state index contributed by atoms with van der Waals surface area (Å²) in [6.07, 6.45) is -1.73. The highest BCUT2D eigenvalue weighted by atomic mass is 16.7. The second-order valence-corrected chi connectivity index (χ2v) is 19.1. The van der Waals surface area contributed by atoms with E-state index in [9.17, 15) is 39.3 Å². The fourth-order valence-electron chi connectivity index (χ4n) is 8.19. The standard InChI is InChI=1S/C45H68O16/c1-12-36(47)56-26(2)34-22-31-17-28(19-38(49)55-11)24-44(52,60-31)42(6,7)14-13-30-15-27(18-37(48)54-10)16-33(57-30)25-45(53)43(8,9)35(59-40(51)41(3,4)5)23-32(61-45)20-29(46)21-39(50)58-34/h13-14,18-19,26,29-35,46,52-53H,12,15-17,20-25H2,1-11H3/b14-13+,27-18+,28-19+/t26-,29-,30+,31+,32-,33+,34-,35+,44-,45+/m1/s1. The zero-order valence-electron chi connectivity index (χ0n) is 37.6. The van der Waals surface area contributed by atoms with Crippen LogP contribution in [0, 0.1) is 16.2 Å². The van der Waals surface area contributed by atoms with Gasteiger partial charge in [-0.15, -0.1) is 0 Å². The van der Waals surface area contributed by atoms with E-state index in [1.54, 1.807) is 74.5 Å². The van der Waals surface area contributed by atoms with Crippen molar-refractivity contribution in [3.05, 3.63) is 35.5 Å². The number of esters is 5. The number of carbonyl (C=O) groups is 5. The molecule has 0 radical (unpaired) electrons. The molecular weight excluding hydrogens is 796 g/mol. The summed E-state index contributed by atoms with van der Waals surface area (Å²) < 4.78 is 46.9. The Kier molecular flexibility index (Phi) is 16.2. The Morgan fingerprint density at radius 3 is 2.08 bits per heavy atom. The van der Waals surface area contributed by atoms with Gasteiger partial charge >= 0.3 is 29.8 Å². The number of aliphatic hydroxyl groups is 3. The monoisotopic (exact) mass is 864 g/mol. The molecule has 0 aromatic carbocycles. The molecule has 3 fully saturated rings. The average Bonchev–Trinajstić information content (AvgIpc) is 3.14. The predicted octanol–water partition coefficient (Wildman–Crippen LogP) is 4.83. The number of cyclic esters (lactones) is 1. The molecule has 344 valence electrons. The second kappa shape index (κ2) is 19.8. The predicted molar refractivity (Wildman–Crippen MR) is 218 cm³/mol. The molecule has 4 heterocycles. The van der Waals surface area contributed by atoms with Crippen molar-refractivity contribution < 1.29 is 77.2 Å². The number of methoxy groups -OCH3 is 2. The van der Waals surface area contributed by atoms with Crippen LogP contribution < -0.4 is 0 Å². The lowest BCUT2D eigenvalue weighted by Crippen LogP contribution is -2.62. The van der Waals surface area contributed by atoms with Crippen molar-refractivity contribution >= 4 is 29.8 Å². The minimum Gasteiger partial charge on any atom is -0.466 e. The molecule has 6 bridgehead atoms. The maximum Gasteiger partial charge on any atom is 0.330 e. The average molecular weight is 865 g/mol. The zero-order chi connectivity index (χ0) is 45.7. The highest BCUT2D eigenvalue weighted by molar-refractivity contribution is 5.83. The minimum atomic E-state index is -2.03. The Morgan fingerprint density at radius 2 is 1.48 bits per heavy atom. The number of hydrogen-bond acceptors (Lipinski definition) is 16. The van der Waals surface area contributed by atoms with E-state index in [1.165, 1.54) is 26.4 Å². The van der Waals surface area contributed by atoms with E-state index in [0.29, 0.717) is 11.1 Å². The van der Waals surface area contributed by atoms with Gasteiger partial charge in [-0.2, -0.15) is 0 Å². The summed E-state index contributed by atoms with van der Waals surface area (Å²) in [5.74, 6) is -7.08. The first-order chi connectivity index (χ1) is 28.2. The van der Waals surface area contributed by atoms with Gasteiger partial charge in [-0.1, -0.05) is 57.9 Å². The van der Waals surface area contributed by atoms with E-state index >= 15 is 0 Å². The Morgan fingerprint density at radius 1 is 0.869 bits per heavy atom. The molecule has 0 saturated carbocycles. The lowest BCUT2D eigenvalue weighted by Gasteiger charge is -2.54. The summed E-state index contributed by atoms with van der Waals surface area (Å²) >= 11 is 0. The number of hydrogen-bond donors (Lipinski definition) is 3. The molecule has 0 spiro atoms. The molecule has 0 aliphatic carbocycles. The van der Waals surface area contributed by atoms with E-state index < -0.39 is 113 Å². The van der Waals surface area contributed by atoms with Gasteiger partial charge in [0.2, 0.25) is 0 Å². The summed E-state index contributed by atoms with van der Waals surface area (Å²) in [7, 11) is 2.51. The first-order valence-electron chi connectivity index (χ1n) is 21.2. The van der Waals surface area contributed by atoms with Crippen molar-refractivity contribution in [1.82, 2.24) is 0 Å². The van der Waals surface area contributed by atoms with Gasteiger partial charge in [0.05, 0.1) is 62.0 Å². The van der Waals surface area contributed by atoms with Gasteiger partial charge < -0.3 is 53.2 Å². The molecule has 0 amide bonds. The maximum atomic E-state index is 13.6. The van der Waals surface area contributed by atoms with Crippen molar-refractivity contribution in [2.45, 2.75) is 187 Å². The fraction of sp³-hybridized carbons (Fsp3) is 0.756. The van der Waals surface area contributed by atoms with Crippen LogP contribution in [-0.2, 0) is 61.9 Å². The van der Waals surface area contributed by atoms with E-state index in [2.05, 4.69) is 0 Å². The van der Waals surface area contributed by atoms with E-state index in [-0.39, 0.29) is 57.8 Å². The van der Waals surface area contributed by atoms with Gasteiger partial charge in [-0.25, -0.2) is 9.59 Å². The lowest BCUT2D eigenvalue weighted by molar-refractivity contribution is -0.349. The number of aliphatic hydroxyl groups excluding tert-OH is 1.